The molecule has 1 fully saturated rings. The monoisotopic (exact) mass is 423 g/mol. The van der Waals surface area contributed by atoms with Crippen LogP contribution in [0.1, 0.15) is 41.7 Å². The van der Waals surface area contributed by atoms with E-state index in [1.807, 2.05) is 25.1 Å². The quantitative estimate of drug-likeness (QED) is 0.746. The van der Waals surface area contributed by atoms with E-state index in [0.29, 0.717) is 16.3 Å². The van der Waals surface area contributed by atoms with Crippen molar-refractivity contribution in [3.63, 3.8) is 0 Å². The summed E-state index contributed by atoms with van der Waals surface area (Å²) < 4.78 is 0. The number of amides is 3. The molecule has 1 saturated heterocycles. The van der Waals surface area contributed by atoms with Gasteiger partial charge in [-0.1, -0.05) is 48.0 Å². The Labute approximate surface area is 180 Å². The van der Waals surface area contributed by atoms with Gasteiger partial charge in [0.15, 0.2) is 0 Å². The SMILES string of the molecule is C=CCN1C(=O)c2ccccc2N2C(=O)CCC12C(=O)NC(C)c1ccccc1Cl. The van der Waals surface area contributed by atoms with Gasteiger partial charge in [0.2, 0.25) is 11.6 Å². The fourth-order valence-corrected chi connectivity index (χ4v) is 4.68. The highest BCUT2D eigenvalue weighted by Crippen LogP contribution is 2.44. The third-order valence-electron chi connectivity index (χ3n) is 5.77. The van der Waals surface area contributed by atoms with Crippen molar-refractivity contribution in [2.24, 2.45) is 0 Å². The van der Waals surface area contributed by atoms with Crippen LogP contribution in [0.15, 0.2) is 61.2 Å². The summed E-state index contributed by atoms with van der Waals surface area (Å²) in [6, 6.07) is 13.7. The molecular formula is C23H22ClN3O3. The number of benzene rings is 2. The number of rotatable bonds is 5. The molecule has 0 radical (unpaired) electrons. The second-order valence-corrected chi connectivity index (χ2v) is 7.89. The summed E-state index contributed by atoms with van der Waals surface area (Å²) in [5, 5.41) is 3.52. The van der Waals surface area contributed by atoms with Gasteiger partial charge in [-0.05, 0) is 30.7 Å². The number of fused-ring (bicyclic) bond motifs is 3. The topological polar surface area (TPSA) is 69.7 Å². The van der Waals surface area contributed by atoms with Gasteiger partial charge in [-0.15, -0.1) is 6.58 Å². The predicted octanol–water partition coefficient (Wildman–Crippen LogP) is 3.68. The molecule has 0 bridgehead atoms. The van der Waals surface area contributed by atoms with E-state index in [2.05, 4.69) is 11.9 Å². The Kier molecular flexibility index (Phi) is 5.12. The minimum atomic E-state index is -1.44. The van der Waals surface area contributed by atoms with Gasteiger partial charge in [-0.3, -0.25) is 19.3 Å². The van der Waals surface area contributed by atoms with Gasteiger partial charge in [-0.2, -0.15) is 0 Å². The molecule has 154 valence electrons. The van der Waals surface area contributed by atoms with Crippen LogP contribution in [0.2, 0.25) is 5.02 Å². The lowest BCUT2D eigenvalue weighted by atomic mass is 9.94. The maximum Gasteiger partial charge on any atom is 0.267 e. The molecular weight excluding hydrogens is 402 g/mol. The summed E-state index contributed by atoms with van der Waals surface area (Å²) in [5.41, 5.74) is 0.187. The maximum absolute atomic E-state index is 13.7. The van der Waals surface area contributed by atoms with Crippen LogP contribution in [-0.4, -0.2) is 34.8 Å². The Balaban J connectivity index is 1.79. The number of anilines is 1. The summed E-state index contributed by atoms with van der Waals surface area (Å²) >= 11 is 6.30. The van der Waals surface area contributed by atoms with E-state index in [4.69, 9.17) is 11.6 Å². The van der Waals surface area contributed by atoms with Gasteiger partial charge in [0, 0.05) is 24.4 Å². The molecule has 4 rings (SSSR count). The number of hydrogen-bond donors (Lipinski definition) is 1. The average Bonchev–Trinajstić information content (AvgIpc) is 3.09. The molecule has 2 aromatic carbocycles. The lowest BCUT2D eigenvalue weighted by molar-refractivity contribution is -0.134. The number of halogens is 1. The largest absolute Gasteiger partial charge is 0.346 e. The Morgan fingerprint density at radius 3 is 2.67 bits per heavy atom. The molecule has 2 unspecified atom stereocenters. The zero-order chi connectivity index (χ0) is 21.5. The molecule has 0 saturated carbocycles. The molecule has 0 spiro atoms. The first-order chi connectivity index (χ1) is 14.4. The number of carbonyl (C=O) groups excluding carboxylic acids is 3. The first-order valence-electron chi connectivity index (χ1n) is 9.82. The summed E-state index contributed by atoms with van der Waals surface area (Å²) in [7, 11) is 0. The van der Waals surface area contributed by atoms with Gasteiger partial charge in [0.25, 0.3) is 11.8 Å². The number of nitrogens with one attached hydrogen (secondary N) is 1. The van der Waals surface area contributed by atoms with Gasteiger partial charge in [0.1, 0.15) is 0 Å². The molecule has 1 N–H and O–H groups in total. The van der Waals surface area contributed by atoms with Gasteiger partial charge < -0.3 is 10.2 Å². The van der Waals surface area contributed by atoms with E-state index in [-0.39, 0.29) is 31.2 Å². The molecule has 7 heteroatoms. The second kappa shape index (κ2) is 7.61. The van der Waals surface area contributed by atoms with Crippen molar-refractivity contribution in [3.05, 3.63) is 77.3 Å². The molecule has 2 aliphatic rings. The smallest absolute Gasteiger partial charge is 0.267 e. The molecule has 0 aliphatic carbocycles. The minimum absolute atomic E-state index is 0.144. The highest BCUT2D eigenvalue weighted by molar-refractivity contribution is 6.31. The third kappa shape index (κ3) is 2.91. The second-order valence-electron chi connectivity index (χ2n) is 7.48. The Morgan fingerprint density at radius 2 is 1.93 bits per heavy atom. The van der Waals surface area contributed by atoms with Crippen LogP contribution in [0.4, 0.5) is 5.69 Å². The predicted molar refractivity (Wildman–Crippen MR) is 115 cm³/mol. The van der Waals surface area contributed by atoms with Crippen molar-refractivity contribution >= 4 is 35.0 Å². The summed E-state index contributed by atoms with van der Waals surface area (Å²) in [4.78, 5) is 42.8. The van der Waals surface area contributed by atoms with E-state index >= 15 is 0 Å². The Hall–Kier alpha value is -3.12. The average molecular weight is 424 g/mol. The standard InChI is InChI=1S/C23H22ClN3O3/c1-3-14-26-21(29)17-9-5-7-11-19(17)27-20(28)12-13-23(26,27)22(30)25-15(2)16-8-4-6-10-18(16)24/h3-11,15H,1,12-14H2,2H3,(H,25,30). The summed E-state index contributed by atoms with van der Waals surface area (Å²) in [6.07, 6.45) is 1.95. The highest BCUT2D eigenvalue weighted by Gasteiger charge is 2.60. The molecule has 6 nitrogen and oxygen atoms in total. The Bertz CT molecular complexity index is 1050. The number of nitrogens with zero attached hydrogens (tertiary/aromatic N) is 2. The minimum Gasteiger partial charge on any atom is -0.346 e. The van der Waals surface area contributed by atoms with E-state index < -0.39 is 17.6 Å². The summed E-state index contributed by atoms with van der Waals surface area (Å²) in [5.74, 6) is -0.896. The fourth-order valence-electron chi connectivity index (χ4n) is 4.38. The van der Waals surface area contributed by atoms with E-state index in [1.54, 1.807) is 36.4 Å². The van der Waals surface area contributed by atoms with Crippen molar-refractivity contribution < 1.29 is 14.4 Å². The number of para-hydroxylation sites is 1. The van der Waals surface area contributed by atoms with Crippen molar-refractivity contribution in [1.29, 1.82) is 0 Å². The molecule has 0 aromatic heterocycles. The van der Waals surface area contributed by atoms with Crippen LogP contribution in [0.5, 0.6) is 0 Å². The van der Waals surface area contributed by atoms with Crippen molar-refractivity contribution in [2.75, 3.05) is 11.4 Å². The first-order valence-corrected chi connectivity index (χ1v) is 10.2. The van der Waals surface area contributed by atoms with Crippen LogP contribution in [0, 0.1) is 0 Å². The molecule has 2 heterocycles. The van der Waals surface area contributed by atoms with E-state index in [9.17, 15) is 14.4 Å². The molecule has 30 heavy (non-hydrogen) atoms. The molecule has 3 amide bonds. The van der Waals surface area contributed by atoms with Gasteiger partial charge in [-0.25, -0.2) is 0 Å². The van der Waals surface area contributed by atoms with E-state index in [0.717, 1.165) is 5.56 Å². The van der Waals surface area contributed by atoms with E-state index in [1.165, 1.54) is 9.80 Å². The van der Waals surface area contributed by atoms with Crippen molar-refractivity contribution in [2.45, 2.75) is 31.5 Å². The van der Waals surface area contributed by atoms with Crippen LogP contribution < -0.4 is 10.2 Å². The number of hydrogen-bond acceptors (Lipinski definition) is 3. The van der Waals surface area contributed by atoms with Crippen LogP contribution in [-0.2, 0) is 9.59 Å². The lowest BCUT2D eigenvalue weighted by Gasteiger charge is -2.49. The lowest BCUT2D eigenvalue weighted by Crippen LogP contribution is -2.70. The van der Waals surface area contributed by atoms with Crippen LogP contribution >= 0.6 is 11.6 Å². The molecule has 2 aromatic rings. The van der Waals surface area contributed by atoms with Crippen molar-refractivity contribution in [1.82, 2.24) is 10.2 Å². The molecule has 2 aliphatic heterocycles. The fraction of sp³-hybridized carbons (Fsp3) is 0.261. The Morgan fingerprint density at radius 1 is 1.23 bits per heavy atom. The molecule has 2 atom stereocenters. The first kappa shape index (κ1) is 20.2. The van der Waals surface area contributed by atoms with Crippen LogP contribution in [0.25, 0.3) is 0 Å². The summed E-state index contributed by atoms with van der Waals surface area (Å²) in [6.45, 7) is 5.71. The number of carbonyl (C=O) groups is 3. The van der Waals surface area contributed by atoms with Gasteiger partial charge >= 0.3 is 0 Å². The van der Waals surface area contributed by atoms with Gasteiger partial charge in [0.05, 0.1) is 17.3 Å². The maximum atomic E-state index is 13.7. The zero-order valence-corrected chi connectivity index (χ0v) is 17.4. The third-order valence-corrected chi connectivity index (χ3v) is 6.11. The zero-order valence-electron chi connectivity index (χ0n) is 16.6. The highest BCUT2D eigenvalue weighted by atomic mass is 35.5. The van der Waals surface area contributed by atoms with Crippen molar-refractivity contribution in [3.8, 4) is 0 Å². The van der Waals surface area contributed by atoms with Crippen LogP contribution in [0.3, 0.4) is 0 Å². The normalized spacial score (nSPS) is 21.1.